The molecule has 2 aromatic carbocycles. The van der Waals surface area contributed by atoms with E-state index in [1.54, 1.807) is 0 Å². The number of nitrogens with one attached hydrogen (secondary N) is 1. The average molecular weight is 362 g/mol. The van der Waals surface area contributed by atoms with Crippen LogP contribution < -0.4 is 5.32 Å². The predicted octanol–water partition coefficient (Wildman–Crippen LogP) is 6.43. The summed E-state index contributed by atoms with van der Waals surface area (Å²) in [6.07, 6.45) is 8.98. The fourth-order valence-corrected chi connectivity index (χ4v) is 2.68. The van der Waals surface area contributed by atoms with E-state index in [1.165, 1.54) is 29.2 Å². The fraction of sp³-hybridized carbons (Fsp3) is 0.240. The Labute approximate surface area is 164 Å². The molecule has 0 radical (unpaired) electrons. The zero-order chi connectivity index (χ0) is 20.1. The van der Waals surface area contributed by atoms with Crippen molar-refractivity contribution in [2.24, 2.45) is 0 Å². The fourth-order valence-electron chi connectivity index (χ4n) is 2.68. The number of aldehydes is 1. The zero-order valence-electron chi connectivity index (χ0n) is 17.0. The second kappa shape index (κ2) is 12.5. The van der Waals surface area contributed by atoms with Gasteiger partial charge in [-0.25, -0.2) is 0 Å². The number of para-hydroxylation sites is 1. The minimum atomic E-state index is 0.750. The van der Waals surface area contributed by atoms with E-state index in [4.69, 9.17) is 4.79 Å². The van der Waals surface area contributed by atoms with Gasteiger partial charge < -0.3 is 10.1 Å². The van der Waals surface area contributed by atoms with Crippen LogP contribution in [0.4, 0.5) is 5.69 Å². The summed E-state index contributed by atoms with van der Waals surface area (Å²) in [5, 5.41) is 3.42. The number of hydrogen-bond donors (Lipinski definition) is 1. The minimum Gasteiger partial charge on any atom is -0.359 e. The Kier molecular flexibility index (Phi) is 10.2. The Bertz CT molecular complexity index is 782. The summed E-state index contributed by atoms with van der Waals surface area (Å²) in [5.41, 5.74) is 7.33. The van der Waals surface area contributed by atoms with Gasteiger partial charge in [0.05, 0.1) is 0 Å². The van der Waals surface area contributed by atoms with Crippen molar-refractivity contribution < 1.29 is 4.79 Å². The van der Waals surface area contributed by atoms with Gasteiger partial charge in [0.15, 0.2) is 0 Å². The van der Waals surface area contributed by atoms with Crippen LogP contribution in [0.25, 0.3) is 0 Å². The van der Waals surface area contributed by atoms with Crippen molar-refractivity contribution in [1.82, 2.24) is 0 Å². The van der Waals surface area contributed by atoms with Crippen molar-refractivity contribution in [2.45, 2.75) is 40.5 Å². The molecule has 0 aromatic heterocycles. The van der Waals surface area contributed by atoms with E-state index < -0.39 is 0 Å². The largest absolute Gasteiger partial charge is 0.359 e. The number of aryl methyl sites for hydroxylation is 1. The smallest absolute Gasteiger partial charge is 0.116 e. The van der Waals surface area contributed by atoms with Gasteiger partial charge in [-0.2, -0.15) is 0 Å². The van der Waals surface area contributed by atoms with Gasteiger partial charge in [0.1, 0.15) is 6.29 Å². The summed E-state index contributed by atoms with van der Waals surface area (Å²) in [5.74, 6) is 0. The predicted molar refractivity (Wildman–Crippen MR) is 118 cm³/mol. The normalized spacial score (nSPS) is 10.9. The molecule has 2 aromatic rings. The van der Waals surface area contributed by atoms with Gasteiger partial charge in [0.2, 0.25) is 0 Å². The lowest BCUT2D eigenvalue weighted by Crippen LogP contribution is -2.03. The van der Waals surface area contributed by atoms with Crippen molar-refractivity contribution in [3.8, 4) is 0 Å². The highest BCUT2D eigenvalue weighted by molar-refractivity contribution is 5.54. The van der Waals surface area contributed by atoms with Gasteiger partial charge in [-0.15, -0.1) is 0 Å². The van der Waals surface area contributed by atoms with E-state index >= 15 is 0 Å². The van der Waals surface area contributed by atoms with Gasteiger partial charge in [-0.3, -0.25) is 0 Å². The van der Waals surface area contributed by atoms with E-state index in [-0.39, 0.29) is 0 Å². The van der Waals surface area contributed by atoms with Gasteiger partial charge in [-0.05, 0) is 62.4 Å². The first-order valence-corrected chi connectivity index (χ1v) is 9.29. The van der Waals surface area contributed by atoms with Crippen LogP contribution in [0.15, 0.2) is 84.6 Å². The van der Waals surface area contributed by atoms with E-state index in [2.05, 4.69) is 93.4 Å². The number of anilines is 1. The molecule has 0 atom stereocenters. The SMILES string of the molecule is C=C(Cc1ccc(CC(/C=C\C)=C/C)cc1)Nc1ccccc1C.CC=O. The summed E-state index contributed by atoms with van der Waals surface area (Å²) < 4.78 is 0. The number of hydrogen-bond acceptors (Lipinski definition) is 2. The third kappa shape index (κ3) is 8.37. The van der Waals surface area contributed by atoms with Crippen LogP contribution in [0.3, 0.4) is 0 Å². The lowest BCUT2D eigenvalue weighted by atomic mass is 10.0. The van der Waals surface area contributed by atoms with Crippen molar-refractivity contribution in [3.63, 3.8) is 0 Å². The molecule has 0 unspecified atom stereocenters. The van der Waals surface area contributed by atoms with Gasteiger partial charge in [-0.1, -0.05) is 67.3 Å². The molecule has 2 rings (SSSR count). The first kappa shape index (κ1) is 22.2. The van der Waals surface area contributed by atoms with Crippen molar-refractivity contribution in [2.75, 3.05) is 5.32 Å². The highest BCUT2D eigenvalue weighted by atomic mass is 16.1. The Morgan fingerprint density at radius 1 is 0.963 bits per heavy atom. The molecule has 0 aliphatic carbocycles. The molecule has 0 aliphatic heterocycles. The number of carbonyl (C=O) groups is 1. The number of rotatable bonds is 7. The van der Waals surface area contributed by atoms with Crippen LogP contribution in [-0.2, 0) is 17.6 Å². The lowest BCUT2D eigenvalue weighted by molar-refractivity contribution is -0.106. The van der Waals surface area contributed by atoms with E-state index in [0.29, 0.717) is 0 Å². The van der Waals surface area contributed by atoms with E-state index in [9.17, 15) is 0 Å². The second-order valence-corrected chi connectivity index (χ2v) is 6.31. The molecule has 0 fully saturated rings. The molecular weight excluding hydrogens is 330 g/mol. The Balaban J connectivity index is 0.00000114. The summed E-state index contributed by atoms with van der Waals surface area (Å²) in [4.78, 5) is 8.81. The van der Waals surface area contributed by atoms with Crippen molar-refractivity contribution in [1.29, 1.82) is 0 Å². The molecule has 0 heterocycles. The number of allylic oxidation sites excluding steroid dienone is 5. The second-order valence-electron chi connectivity index (χ2n) is 6.31. The van der Waals surface area contributed by atoms with Crippen LogP contribution >= 0.6 is 0 Å². The van der Waals surface area contributed by atoms with Crippen LogP contribution in [0, 0.1) is 6.92 Å². The Morgan fingerprint density at radius 3 is 2.04 bits per heavy atom. The van der Waals surface area contributed by atoms with Crippen LogP contribution in [0.1, 0.15) is 37.5 Å². The lowest BCUT2D eigenvalue weighted by Gasteiger charge is -2.12. The van der Waals surface area contributed by atoms with Crippen LogP contribution in [0.5, 0.6) is 0 Å². The zero-order valence-corrected chi connectivity index (χ0v) is 17.0. The number of benzene rings is 2. The van der Waals surface area contributed by atoms with Gasteiger partial charge in [0.25, 0.3) is 0 Å². The summed E-state index contributed by atoms with van der Waals surface area (Å²) in [7, 11) is 0. The molecule has 0 bridgehead atoms. The summed E-state index contributed by atoms with van der Waals surface area (Å²) >= 11 is 0. The highest BCUT2D eigenvalue weighted by Gasteiger charge is 2.02. The standard InChI is InChI=1S/C23H27N.C2H4O/c1-5-9-20(6-2)17-22-14-12-21(13-15-22)16-19(4)24-23-11-8-7-10-18(23)3;1-2-3/h5-15,24H,4,16-17H2,1-3H3;2H,1H3/b9-5-,20-6+;. The molecule has 0 saturated heterocycles. The topological polar surface area (TPSA) is 29.1 Å². The van der Waals surface area contributed by atoms with Gasteiger partial charge in [0, 0.05) is 17.8 Å². The molecular formula is C25H31NO. The third-order valence-corrected chi connectivity index (χ3v) is 4.06. The minimum absolute atomic E-state index is 0.750. The maximum absolute atomic E-state index is 8.81. The molecule has 1 N–H and O–H groups in total. The molecule has 0 saturated carbocycles. The van der Waals surface area contributed by atoms with E-state index in [0.717, 1.165) is 30.5 Å². The summed E-state index contributed by atoms with van der Waals surface area (Å²) in [6.45, 7) is 11.9. The third-order valence-electron chi connectivity index (χ3n) is 4.06. The Morgan fingerprint density at radius 2 is 1.52 bits per heavy atom. The van der Waals surface area contributed by atoms with Crippen LogP contribution in [0.2, 0.25) is 0 Å². The molecule has 0 spiro atoms. The molecule has 2 heteroatoms. The molecule has 0 amide bonds. The maximum Gasteiger partial charge on any atom is 0.116 e. The monoisotopic (exact) mass is 361 g/mol. The van der Waals surface area contributed by atoms with Crippen molar-refractivity contribution in [3.05, 3.63) is 101 Å². The molecule has 2 nitrogen and oxygen atoms in total. The Hall–Kier alpha value is -2.87. The maximum atomic E-state index is 8.81. The van der Waals surface area contributed by atoms with E-state index in [1.807, 2.05) is 6.07 Å². The average Bonchev–Trinajstić information content (AvgIpc) is 2.65. The van der Waals surface area contributed by atoms with Crippen molar-refractivity contribution >= 4 is 12.0 Å². The summed E-state index contributed by atoms with van der Waals surface area (Å²) in [6, 6.07) is 17.1. The van der Waals surface area contributed by atoms with Gasteiger partial charge >= 0.3 is 0 Å². The molecule has 0 aliphatic rings. The highest BCUT2D eigenvalue weighted by Crippen LogP contribution is 2.18. The molecule has 27 heavy (non-hydrogen) atoms. The molecule has 142 valence electrons. The number of carbonyl (C=O) groups excluding carboxylic acids is 1. The first-order valence-electron chi connectivity index (χ1n) is 9.29. The van der Waals surface area contributed by atoms with Crippen LogP contribution in [-0.4, -0.2) is 6.29 Å². The first-order chi connectivity index (χ1) is 13.0. The quantitative estimate of drug-likeness (QED) is 0.454.